The molecule has 2 aromatic rings. The van der Waals surface area contributed by atoms with Gasteiger partial charge in [0, 0.05) is 31.4 Å². The van der Waals surface area contributed by atoms with Crippen LogP contribution in [0, 0.1) is 0 Å². The van der Waals surface area contributed by atoms with Gasteiger partial charge < -0.3 is 25.0 Å². The minimum atomic E-state index is -4.57. The van der Waals surface area contributed by atoms with E-state index in [0.29, 0.717) is 23.8 Å². The molecule has 7 nitrogen and oxygen atoms in total. The van der Waals surface area contributed by atoms with Crippen LogP contribution >= 0.6 is 0 Å². The zero-order chi connectivity index (χ0) is 21.6. The molecule has 1 saturated heterocycles. The summed E-state index contributed by atoms with van der Waals surface area (Å²) < 4.78 is 50.4. The first-order chi connectivity index (χ1) is 14.4. The summed E-state index contributed by atoms with van der Waals surface area (Å²) in [5.74, 6) is 0.943. The molecule has 2 heterocycles. The van der Waals surface area contributed by atoms with Gasteiger partial charge in [-0.15, -0.1) is 0 Å². The number of halogens is 3. The van der Waals surface area contributed by atoms with Gasteiger partial charge in [0.1, 0.15) is 5.82 Å². The van der Waals surface area contributed by atoms with E-state index in [1.54, 1.807) is 18.2 Å². The molecule has 0 radical (unpaired) electrons. The second-order valence-corrected chi connectivity index (χ2v) is 6.95. The summed E-state index contributed by atoms with van der Waals surface area (Å²) >= 11 is 0. The molecule has 3 rings (SSSR count). The lowest BCUT2D eigenvalue weighted by molar-refractivity contribution is -0.141. The van der Waals surface area contributed by atoms with E-state index in [1.165, 1.54) is 27.0 Å². The zero-order valence-electron chi connectivity index (χ0n) is 17.1. The molecule has 1 aliphatic rings. The van der Waals surface area contributed by atoms with Gasteiger partial charge in [0.25, 0.3) is 0 Å². The topological polar surface area (TPSA) is 71.5 Å². The van der Waals surface area contributed by atoms with E-state index < -0.39 is 11.9 Å². The van der Waals surface area contributed by atoms with Gasteiger partial charge in [0.2, 0.25) is 5.95 Å². The number of hydrogen-bond acceptors (Lipinski definition) is 7. The number of hydrogen-bond donors (Lipinski definition) is 2. The second-order valence-electron chi connectivity index (χ2n) is 6.95. The predicted octanol–water partition coefficient (Wildman–Crippen LogP) is 4.15. The summed E-state index contributed by atoms with van der Waals surface area (Å²) in [7, 11) is 3.03. The average Bonchev–Trinajstić information content (AvgIpc) is 3.24. The molecule has 0 aliphatic carbocycles. The van der Waals surface area contributed by atoms with Crippen LogP contribution in [0.15, 0.2) is 24.3 Å². The predicted molar refractivity (Wildman–Crippen MR) is 109 cm³/mol. The molecule has 1 aromatic heterocycles. The van der Waals surface area contributed by atoms with Crippen molar-refractivity contribution >= 4 is 17.5 Å². The Kier molecular flexibility index (Phi) is 7.20. The van der Waals surface area contributed by atoms with Crippen LogP contribution in [-0.2, 0) is 6.18 Å². The summed E-state index contributed by atoms with van der Waals surface area (Å²) in [6.45, 7) is 3.76. The number of ether oxygens (including phenoxy) is 2. The Labute approximate surface area is 173 Å². The third-order valence-electron chi connectivity index (χ3n) is 4.77. The van der Waals surface area contributed by atoms with Crippen LogP contribution in [0.5, 0.6) is 11.5 Å². The van der Waals surface area contributed by atoms with E-state index in [9.17, 15) is 13.2 Å². The van der Waals surface area contributed by atoms with Crippen molar-refractivity contribution in [3.05, 3.63) is 30.0 Å². The maximum atomic E-state index is 13.1. The maximum Gasteiger partial charge on any atom is 0.433 e. The smallest absolute Gasteiger partial charge is 0.433 e. The highest BCUT2D eigenvalue weighted by molar-refractivity contribution is 5.60. The number of likely N-dealkylation sites (tertiary alicyclic amines) is 1. The molecule has 0 amide bonds. The van der Waals surface area contributed by atoms with Crippen molar-refractivity contribution in [3.63, 3.8) is 0 Å². The molecule has 0 atom stereocenters. The number of alkyl halides is 3. The quantitative estimate of drug-likeness (QED) is 0.585. The number of rotatable bonds is 9. The molecule has 1 aliphatic heterocycles. The van der Waals surface area contributed by atoms with E-state index in [0.717, 1.165) is 32.1 Å². The van der Waals surface area contributed by atoms with Gasteiger partial charge in [-0.1, -0.05) is 0 Å². The summed E-state index contributed by atoms with van der Waals surface area (Å²) in [6, 6.07) is 5.87. The number of anilines is 3. The van der Waals surface area contributed by atoms with Crippen molar-refractivity contribution in [1.82, 2.24) is 14.9 Å². The molecule has 1 aromatic carbocycles. The van der Waals surface area contributed by atoms with Crippen molar-refractivity contribution in [1.29, 1.82) is 0 Å². The molecule has 0 unspecified atom stereocenters. The Balaban J connectivity index is 1.69. The summed E-state index contributed by atoms with van der Waals surface area (Å²) in [4.78, 5) is 10.0. The van der Waals surface area contributed by atoms with Crippen molar-refractivity contribution in [2.45, 2.75) is 25.4 Å². The Hall–Kier alpha value is -2.75. The third kappa shape index (κ3) is 5.88. The zero-order valence-corrected chi connectivity index (χ0v) is 17.1. The van der Waals surface area contributed by atoms with Gasteiger partial charge in [-0.3, -0.25) is 0 Å². The standard InChI is InChI=1S/C20H26F3N5O2/c1-24-18-13-17(20(21,22)23)26-19(27-18)25-14-6-7-15(29-2)16(12-14)30-11-5-10-28-8-3-4-9-28/h6-7,12-13H,3-5,8-11H2,1-2H3,(H2,24,25,26,27). The number of aromatic nitrogens is 2. The molecule has 10 heteroatoms. The van der Waals surface area contributed by atoms with Crippen LogP contribution < -0.4 is 20.1 Å². The molecular weight excluding hydrogens is 399 g/mol. The maximum absolute atomic E-state index is 13.1. The van der Waals surface area contributed by atoms with Crippen LogP contribution in [0.4, 0.5) is 30.6 Å². The van der Waals surface area contributed by atoms with Gasteiger partial charge in [-0.2, -0.15) is 18.2 Å². The van der Waals surface area contributed by atoms with E-state index in [4.69, 9.17) is 9.47 Å². The number of nitrogens with zero attached hydrogens (tertiary/aromatic N) is 3. The molecule has 0 bridgehead atoms. The van der Waals surface area contributed by atoms with Crippen molar-refractivity contribution < 1.29 is 22.6 Å². The minimum Gasteiger partial charge on any atom is -0.493 e. The summed E-state index contributed by atoms with van der Waals surface area (Å²) in [6.07, 6.45) is -1.21. The lowest BCUT2D eigenvalue weighted by Crippen LogP contribution is -2.21. The molecule has 1 fully saturated rings. The normalized spacial score (nSPS) is 14.6. The van der Waals surface area contributed by atoms with Gasteiger partial charge in [-0.05, 0) is 44.5 Å². The second kappa shape index (κ2) is 9.84. The Bertz CT molecular complexity index is 842. The molecule has 164 valence electrons. The molecule has 2 N–H and O–H groups in total. The van der Waals surface area contributed by atoms with Crippen LogP contribution in [0.2, 0.25) is 0 Å². The van der Waals surface area contributed by atoms with E-state index >= 15 is 0 Å². The Morgan fingerprint density at radius 1 is 1.10 bits per heavy atom. The first-order valence-electron chi connectivity index (χ1n) is 9.83. The first kappa shape index (κ1) is 21.9. The van der Waals surface area contributed by atoms with Crippen LogP contribution in [0.3, 0.4) is 0 Å². The van der Waals surface area contributed by atoms with E-state index in [2.05, 4.69) is 25.5 Å². The first-order valence-corrected chi connectivity index (χ1v) is 9.83. The minimum absolute atomic E-state index is 0.0618. The van der Waals surface area contributed by atoms with Crippen LogP contribution in [0.1, 0.15) is 25.0 Å². The van der Waals surface area contributed by atoms with Gasteiger partial charge in [-0.25, -0.2) is 4.98 Å². The lowest BCUT2D eigenvalue weighted by atomic mass is 10.2. The summed E-state index contributed by atoms with van der Waals surface area (Å²) in [5.41, 5.74) is -0.539. The third-order valence-corrected chi connectivity index (χ3v) is 4.77. The Morgan fingerprint density at radius 2 is 1.87 bits per heavy atom. The highest BCUT2D eigenvalue weighted by atomic mass is 19.4. The largest absolute Gasteiger partial charge is 0.493 e. The van der Waals surface area contributed by atoms with Crippen molar-refractivity contribution in [2.24, 2.45) is 0 Å². The molecular formula is C20H26F3N5O2. The highest BCUT2D eigenvalue weighted by Gasteiger charge is 2.33. The average molecular weight is 425 g/mol. The van der Waals surface area contributed by atoms with Crippen LogP contribution in [0.25, 0.3) is 0 Å². The molecule has 0 spiro atoms. The highest BCUT2D eigenvalue weighted by Crippen LogP contribution is 2.33. The van der Waals surface area contributed by atoms with Gasteiger partial charge in [0.15, 0.2) is 17.2 Å². The fourth-order valence-corrected chi connectivity index (χ4v) is 3.25. The monoisotopic (exact) mass is 425 g/mol. The van der Waals surface area contributed by atoms with Gasteiger partial charge >= 0.3 is 6.18 Å². The number of benzene rings is 1. The van der Waals surface area contributed by atoms with Crippen LogP contribution in [-0.4, -0.2) is 55.3 Å². The SMILES string of the molecule is CNc1cc(C(F)(F)F)nc(Nc2ccc(OC)c(OCCCN3CCCC3)c2)n1. The molecule has 0 saturated carbocycles. The van der Waals surface area contributed by atoms with E-state index in [-0.39, 0.29) is 11.8 Å². The van der Waals surface area contributed by atoms with Gasteiger partial charge in [0.05, 0.1) is 13.7 Å². The van der Waals surface area contributed by atoms with E-state index in [1.807, 2.05) is 0 Å². The molecule has 30 heavy (non-hydrogen) atoms. The van der Waals surface area contributed by atoms with Crippen molar-refractivity contribution in [2.75, 3.05) is 51.0 Å². The summed E-state index contributed by atoms with van der Waals surface area (Å²) in [5, 5.41) is 5.42. The Morgan fingerprint density at radius 3 is 2.53 bits per heavy atom. The number of methoxy groups -OCH3 is 1. The van der Waals surface area contributed by atoms with Crippen molar-refractivity contribution in [3.8, 4) is 11.5 Å². The fourth-order valence-electron chi connectivity index (χ4n) is 3.25. The lowest BCUT2D eigenvalue weighted by Gasteiger charge is -2.16. The number of nitrogens with one attached hydrogen (secondary N) is 2. The fraction of sp³-hybridized carbons (Fsp3) is 0.500.